The Kier molecular flexibility index (Phi) is 4.16. The topological polar surface area (TPSA) is 20.3 Å². The predicted molar refractivity (Wildman–Crippen MR) is 71.2 cm³/mol. The molecule has 1 saturated heterocycles. The summed E-state index contributed by atoms with van der Waals surface area (Å²) in [6.07, 6.45) is 3.75. The minimum atomic E-state index is 0.254. The van der Waals surface area contributed by atoms with E-state index in [-0.39, 0.29) is 5.78 Å². The maximum atomic E-state index is 12.0. The minimum absolute atomic E-state index is 0.254. The summed E-state index contributed by atoms with van der Waals surface area (Å²) in [5.74, 6) is 0.254. The van der Waals surface area contributed by atoms with E-state index < -0.39 is 0 Å². The van der Waals surface area contributed by atoms with Crippen molar-refractivity contribution in [2.24, 2.45) is 0 Å². The molecule has 0 bridgehead atoms. The molecule has 0 saturated carbocycles. The lowest BCUT2D eigenvalue weighted by molar-refractivity contribution is 0.0864. The standard InChI is InChI=1S/C12H16BrNOS/c1-9-4-2-3-7-14(9)8-10(15)11-5-6-12(13)16-11/h5-6,9H,2-4,7-8H2,1H3. The fourth-order valence-electron chi connectivity index (χ4n) is 2.12. The first-order chi connectivity index (χ1) is 7.66. The lowest BCUT2D eigenvalue weighted by Gasteiger charge is -2.32. The van der Waals surface area contributed by atoms with Gasteiger partial charge in [0.1, 0.15) is 0 Å². The molecule has 1 aromatic heterocycles. The molecular formula is C12H16BrNOS. The zero-order valence-corrected chi connectivity index (χ0v) is 11.8. The Bertz CT molecular complexity index is 377. The Morgan fingerprint density at radius 3 is 3.00 bits per heavy atom. The van der Waals surface area contributed by atoms with E-state index in [2.05, 4.69) is 27.8 Å². The third-order valence-corrected chi connectivity index (χ3v) is 4.80. The quantitative estimate of drug-likeness (QED) is 0.796. The van der Waals surface area contributed by atoms with Gasteiger partial charge in [0, 0.05) is 6.04 Å². The van der Waals surface area contributed by atoms with Crippen molar-refractivity contribution in [2.45, 2.75) is 32.2 Å². The first-order valence-electron chi connectivity index (χ1n) is 5.69. The molecule has 1 atom stereocenters. The van der Waals surface area contributed by atoms with Crippen molar-refractivity contribution in [3.8, 4) is 0 Å². The molecule has 0 aliphatic carbocycles. The van der Waals surface area contributed by atoms with Crippen LogP contribution in [0.5, 0.6) is 0 Å². The summed E-state index contributed by atoms with van der Waals surface area (Å²) in [5.41, 5.74) is 0. The van der Waals surface area contributed by atoms with Crippen molar-refractivity contribution < 1.29 is 4.79 Å². The van der Waals surface area contributed by atoms with Crippen molar-refractivity contribution in [3.05, 3.63) is 20.8 Å². The molecule has 1 fully saturated rings. The average molecular weight is 302 g/mol. The Morgan fingerprint density at radius 1 is 1.56 bits per heavy atom. The molecule has 0 spiro atoms. The van der Waals surface area contributed by atoms with Gasteiger partial charge in [0.15, 0.2) is 5.78 Å². The fraction of sp³-hybridized carbons (Fsp3) is 0.583. The molecule has 2 nitrogen and oxygen atoms in total. The van der Waals surface area contributed by atoms with Crippen molar-refractivity contribution >= 4 is 33.0 Å². The van der Waals surface area contributed by atoms with Gasteiger partial charge in [-0.2, -0.15) is 0 Å². The average Bonchev–Trinajstić information content (AvgIpc) is 2.68. The van der Waals surface area contributed by atoms with E-state index in [4.69, 9.17) is 0 Å². The number of carbonyl (C=O) groups is 1. The number of likely N-dealkylation sites (tertiary alicyclic amines) is 1. The fourth-order valence-corrected chi connectivity index (χ4v) is 3.44. The van der Waals surface area contributed by atoms with Crippen LogP contribution in [0.3, 0.4) is 0 Å². The molecule has 0 N–H and O–H groups in total. The van der Waals surface area contributed by atoms with E-state index in [0.717, 1.165) is 15.2 Å². The van der Waals surface area contributed by atoms with Crippen LogP contribution in [0.1, 0.15) is 35.9 Å². The molecule has 1 unspecified atom stereocenters. The molecule has 16 heavy (non-hydrogen) atoms. The SMILES string of the molecule is CC1CCCCN1CC(=O)c1ccc(Br)s1. The predicted octanol–water partition coefficient (Wildman–Crippen LogP) is 3.57. The van der Waals surface area contributed by atoms with E-state index >= 15 is 0 Å². The van der Waals surface area contributed by atoms with Crippen LogP contribution in [-0.2, 0) is 0 Å². The second kappa shape index (κ2) is 5.43. The van der Waals surface area contributed by atoms with E-state index in [9.17, 15) is 4.79 Å². The van der Waals surface area contributed by atoms with E-state index in [1.165, 1.54) is 30.6 Å². The molecule has 1 aliphatic rings. The van der Waals surface area contributed by atoms with Gasteiger partial charge in [0.05, 0.1) is 15.2 Å². The number of thiophene rings is 1. The summed E-state index contributed by atoms with van der Waals surface area (Å²) in [5, 5.41) is 0. The van der Waals surface area contributed by atoms with Gasteiger partial charge in [-0.25, -0.2) is 0 Å². The molecule has 1 aliphatic heterocycles. The van der Waals surface area contributed by atoms with Crippen LogP contribution in [0.2, 0.25) is 0 Å². The molecule has 0 amide bonds. The van der Waals surface area contributed by atoms with Gasteiger partial charge in [-0.3, -0.25) is 9.69 Å². The van der Waals surface area contributed by atoms with Crippen LogP contribution in [0, 0.1) is 0 Å². The van der Waals surface area contributed by atoms with Gasteiger partial charge in [0.2, 0.25) is 0 Å². The monoisotopic (exact) mass is 301 g/mol. The molecule has 2 heterocycles. The van der Waals surface area contributed by atoms with Crippen LogP contribution in [0.15, 0.2) is 15.9 Å². The van der Waals surface area contributed by atoms with Gasteiger partial charge >= 0.3 is 0 Å². The Hall–Kier alpha value is -0.190. The van der Waals surface area contributed by atoms with Crippen LogP contribution in [0.25, 0.3) is 0 Å². The van der Waals surface area contributed by atoms with Crippen molar-refractivity contribution in [3.63, 3.8) is 0 Å². The van der Waals surface area contributed by atoms with Crippen LogP contribution in [-0.4, -0.2) is 29.8 Å². The second-order valence-electron chi connectivity index (χ2n) is 4.34. The molecule has 2 rings (SSSR count). The van der Waals surface area contributed by atoms with Gasteiger partial charge in [0.25, 0.3) is 0 Å². The first-order valence-corrected chi connectivity index (χ1v) is 7.30. The maximum Gasteiger partial charge on any atom is 0.186 e. The smallest absolute Gasteiger partial charge is 0.186 e. The van der Waals surface area contributed by atoms with E-state index in [1.54, 1.807) is 0 Å². The molecule has 88 valence electrons. The Balaban J connectivity index is 1.96. The number of nitrogens with zero attached hydrogens (tertiary/aromatic N) is 1. The summed E-state index contributed by atoms with van der Waals surface area (Å²) >= 11 is 4.92. The van der Waals surface area contributed by atoms with Gasteiger partial charge in [-0.1, -0.05) is 6.42 Å². The highest BCUT2D eigenvalue weighted by Crippen LogP contribution is 2.23. The zero-order chi connectivity index (χ0) is 11.5. The molecule has 0 aromatic carbocycles. The zero-order valence-electron chi connectivity index (χ0n) is 9.41. The third kappa shape index (κ3) is 2.93. The van der Waals surface area contributed by atoms with Crippen LogP contribution < -0.4 is 0 Å². The Labute approximate surface area is 109 Å². The lowest BCUT2D eigenvalue weighted by Crippen LogP contribution is -2.40. The number of ketones is 1. The van der Waals surface area contributed by atoms with E-state index in [1.807, 2.05) is 12.1 Å². The molecule has 4 heteroatoms. The highest BCUT2D eigenvalue weighted by Gasteiger charge is 2.21. The largest absolute Gasteiger partial charge is 0.293 e. The number of hydrogen-bond acceptors (Lipinski definition) is 3. The molecule has 0 radical (unpaired) electrons. The van der Waals surface area contributed by atoms with Crippen LogP contribution in [0.4, 0.5) is 0 Å². The highest BCUT2D eigenvalue weighted by atomic mass is 79.9. The minimum Gasteiger partial charge on any atom is -0.293 e. The van der Waals surface area contributed by atoms with Gasteiger partial charge in [-0.15, -0.1) is 11.3 Å². The highest BCUT2D eigenvalue weighted by molar-refractivity contribution is 9.11. The van der Waals surface area contributed by atoms with E-state index in [0.29, 0.717) is 12.6 Å². The van der Waals surface area contributed by atoms with Gasteiger partial charge < -0.3 is 0 Å². The molecule has 1 aromatic rings. The number of piperidine rings is 1. The first kappa shape index (κ1) is 12.3. The van der Waals surface area contributed by atoms with Crippen molar-refractivity contribution in [2.75, 3.05) is 13.1 Å². The summed E-state index contributed by atoms with van der Waals surface area (Å²) in [6.45, 7) is 3.87. The lowest BCUT2D eigenvalue weighted by atomic mass is 10.0. The summed E-state index contributed by atoms with van der Waals surface area (Å²) < 4.78 is 1.03. The molecular weight excluding hydrogens is 286 g/mol. The summed E-state index contributed by atoms with van der Waals surface area (Å²) in [7, 11) is 0. The Morgan fingerprint density at radius 2 is 2.38 bits per heavy atom. The number of Topliss-reactive ketones (excluding diaryl/α,β-unsaturated/α-hetero) is 1. The number of halogens is 1. The second-order valence-corrected chi connectivity index (χ2v) is 6.81. The normalized spacial score (nSPS) is 22.2. The number of rotatable bonds is 3. The van der Waals surface area contributed by atoms with Gasteiger partial charge in [-0.05, 0) is 54.4 Å². The number of carbonyl (C=O) groups excluding carboxylic acids is 1. The van der Waals surface area contributed by atoms with Crippen LogP contribution >= 0.6 is 27.3 Å². The van der Waals surface area contributed by atoms with Crippen molar-refractivity contribution in [1.29, 1.82) is 0 Å². The van der Waals surface area contributed by atoms with Crippen molar-refractivity contribution in [1.82, 2.24) is 4.90 Å². The third-order valence-electron chi connectivity index (χ3n) is 3.14. The summed E-state index contributed by atoms with van der Waals surface area (Å²) in [4.78, 5) is 15.2. The number of hydrogen-bond donors (Lipinski definition) is 0. The summed E-state index contributed by atoms with van der Waals surface area (Å²) in [6, 6.07) is 4.41. The maximum absolute atomic E-state index is 12.0.